The number of carbonyl (C=O) groups is 1. The van der Waals surface area contributed by atoms with Crippen molar-refractivity contribution in [3.05, 3.63) is 99.9 Å². The van der Waals surface area contributed by atoms with Gasteiger partial charge >= 0.3 is 0 Å². The zero-order valence-electron chi connectivity index (χ0n) is 23.0. The lowest BCUT2D eigenvalue weighted by Crippen LogP contribution is -2.33. The van der Waals surface area contributed by atoms with E-state index in [2.05, 4.69) is 32.0 Å². The predicted octanol–water partition coefficient (Wildman–Crippen LogP) is 3.82. The van der Waals surface area contributed by atoms with Gasteiger partial charge in [-0.15, -0.1) is 0 Å². The fraction of sp³-hybridized carbons (Fsp3) is 0.267. The van der Waals surface area contributed by atoms with Crippen LogP contribution >= 0.6 is 0 Å². The smallest absolute Gasteiger partial charge is 0.266 e. The molecule has 0 bridgehead atoms. The van der Waals surface area contributed by atoms with Gasteiger partial charge in [0.25, 0.3) is 11.5 Å². The highest BCUT2D eigenvalue weighted by Gasteiger charge is 2.13. The number of amides is 1. The van der Waals surface area contributed by atoms with Crippen LogP contribution < -0.4 is 15.6 Å². The van der Waals surface area contributed by atoms with Crippen LogP contribution in [0.4, 0.5) is 13.2 Å². The number of hydrogen-bond donors (Lipinski definition) is 1. The van der Waals surface area contributed by atoms with Gasteiger partial charge in [0.05, 0.1) is 38.7 Å². The predicted molar refractivity (Wildman–Crippen MR) is 151 cm³/mol. The van der Waals surface area contributed by atoms with E-state index in [1.165, 1.54) is 12.4 Å². The van der Waals surface area contributed by atoms with E-state index in [9.17, 15) is 22.8 Å². The van der Waals surface area contributed by atoms with E-state index in [1.807, 2.05) is 38.4 Å². The van der Waals surface area contributed by atoms with Crippen LogP contribution in [0.2, 0.25) is 0 Å². The van der Waals surface area contributed by atoms with Gasteiger partial charge in [-0.1, -0.05) is 17.9 Å². The summed E-state index contributed by atoms with van der Waals surface area (Å²) in [6, 6.07) is 10.7. The van der Waals surface area contributed by atoms with Crippen LogP contribution in [-0.4, -0.2) is 66.3 Å². The first-order valence-electron chi connectivity index (χ1n) is 12.6. The number of hydrogen-bond acceptors (Lipinski definition) is 6. The summed E-state index contributed by atoms with van der Waals surface area (Å²) in [5, 5.41) is 3.44. The molecule has 2 aromatic carbocycles. The van der Waals surface area contributed by atoms with Crippen molar-refractivity contribution < 1.29 is 22.7 Å². The molecule has 4 aromatic rings. The fourth-order valence-corrected chi connectivity index (χ4v) is 3.81. The van der Waals surface area contributed by atoms with E-state index in [4.69, 9.17) is 4.74 Å². The highest BCUT2D eigenvalue weighted by Crippen LogP contribution is 2.25. The molecular weight excluding hydrogens is 535 g/mol. The number of pyridine rings is 1. The fourth-order valence-electron chi connectivity index (χ4n) is 3.81. The lowest BCUT2D eigenvalue weighted by molar-refractivity contribution is 0.0956. The van der Waals surface area contributed by atoms with E-state index in [0.29, 0.717) is 19.3 Å². The molecular formula is C30H30F3N5O3. The van der Waals surface area contributed by atoms with Gasteiger partial charge in [0.15, 0.2) is 11.6 Å². The number of rotatable bonds is 9. The largest absolute Gasteiger partial charge is 0.493 e. The molecule has 0 radical (unpaired) electrons. The normalized spacial score (nSPS) is 10.4. The zero-order chi connectivity index (χ0) is 29.8. The summed E-state index contributed by atoms with van der Waals surface area (Å²) in [7, 11) is 4.53. The van der Waals surface area contributed by atoms with Gasteiger partial charge in [0.1, 0.15) is 11.3 Å². The van der Waals surface area contributed by atoms with Crippen molar-refractivity contribution in [1.82, 2.24) is 24.8 Å². The number of alkyl halides is 1. The second-order valence-electron chi connectivity index (χ2n) is 9.02. The Hall–Kier alpha value is -4.69. The number of nitrogens with one attached hydrogen (secondary N) is 1. The maximum absolute atomic E-state index is 13.5. The minimum absolute atomic E-state index is 0.00465. The van der Waals surface area contributed by atoms with E-state index < -0.39 is 23.1 Å². The summed E-state index contributed by atoms with van der Waals surface area (Å²) in [5.41, 5.74) is 1.07. The molecule has 0 aliphatic rings. The van der Waals surface area contributed by atoms with Crippen molar-refractivity contribution in [3.8, 4) is 17.6 Å². The molecule has 1 amide bonds. The molecule has 2 heterocycles. The molecule has 4 rings (SSSR count). The lowest BCUT2D eigenvalue weighted by Gasteiger charge is -2.11. The molecule has 0 atom stereocenters. The van der Waals surface area contributed by atoms with E-state index in [0.717, 1.165) is 58.1 Å². The number of ether oxygens (including phenoxy) is 1. The van der Waals surface area contributed by atoms with Crippen LogP contribution in [0, 0.1) is 23.5 Å². The first-order valence-corrected chi connectivity index (χ1v) is 12.6. The van der Waals surface area contributed by atoms with E-state index in [-0.39, 0.29) is 18.7 Å². The van der Waals surface area contributed by atoms with Crippen molar-refractivity contribution in [2.24, 2.45) is 0 Å². The molecule has 214 valence electrons. The molecule has 0 saturated heterocycles. The third-order valence-corrected chi connectivity index (χ3v) is 5.76. The molecule has 0 spiro atoms. The Morgan fingerprint density at radius 2 is 1.90 bits per heavy atom. The molecule has 0 unspecified atom stereocenters. The Morgan fingerprint density at radius 3 is 2.66 bits per heavy atom. The number of halogens is 3. The van der Waals surface area contributed by atoms with Crippen molar-refractivity contribution in [3.63, 3.8) is 0 Å². The zero-order valence-corrected chi connectivity index (χ0v) is 23.0. The Labute approximate surface area is 235 Å². The third-order valence-electron chi connectivity index (χ3n) is 5.76. The van der Waals surface area contributed by atoms with Crippen LogP contribution in [0.1, 0.15) is 27.9 Å². The molecule has 1 N–H and O–H groups in total. The highest BCUT2D eigenvalue weighted by atomic mass is 19.2. The molecule has 11 heteroatoms. The number of nitrogens with zero attached hydrogens (tertiary/aromatic N) is 4. The lowest BCUT2D eigenvalue weighted by atomic mass is 10.1. The van der Waals surface area contributed by atoms with Crippen molar-refractivity contribution in [2.75, 3.05) is 41.0 Å². The molecule has 41 heavy (non-hydrogen) atoms. The second-order valence-corrected chi connectivity index (χ2v) is 9.02. The number of aromatic nitrogens is 3. The Bertz CT molecular complexity index is 1610. The molecule has 0 fully saturated rings. The maximum Gasteiger partial charge on any atom is 0.266 e. The van der Waals surface area contributed by atoms with Crippen molar-refractivity contribution in [1.29, 1.82) is 0 Å². The van der Waals surface area contributed by atoms with Gasteiger partial charge in [-0.2, -0.15) is 0 Å². The molecule has 8 nitrogen and oxygen atoms in total. The minimum atomic E-state index is -1.02. The summed E-state index contributed by atoms with van der Waals surface area (Å²) < 4.78 is 43.3. The topological polar surface area (TPSA) is 89.3 Å². The highest BCUT2D eigenvalue weighted by molar-refractivity contribution is 5.93. The van der Waals surface area contributed by atoms with Gasteiger partial charge in [-0.25, -0.2) is 13.8 Å². The van der Waals surface area contributed by atoms with Gasteiger partial charge in [0, 0.05) is 29.9 Å². The van der Waals surface area contributed by atoms with Crippen molar-refractivity contribution in [2.45, 2.75) is 13.0 Å². The van der Waals surface area contributed by atoms with Gasteiger partial charge in [-0.05, 0) is 62.5 Å². The summed E-state index contributed by atoms with van der Waals surface area (Å²) in [4.78, 5) is 35.7. The van der Waals surface area contributed by atoms with Crippen LogP contribution in [-0.2, 0) is 6.54 Å². The van der Waals surface area contributed by atoms with E-state index >= 15 is 0 Å². The van der Waals surface area contributed by atoms with Crippen molar-refractivity contribution >= 4 is 16.8 Å². The van der Waals surface area contributed by atoms with E-state index in [1.54, 1.807) is 6.20 Å². The SMILES string of the molecule is CF.CN(C)CCCOc1ccnc2ccc(C#CCNC(=O)c3cncn(Cc4ccc(F)c(F)c4)c3=O)cc12. The van der Waals surface area contributed by atoms with Crippen LogP contribution in [0.15, 0.2) is 66.0 Å². The quantitative estimate of drug-likeness (QED) is 0.245. The molecule has 0 aliphatic carbocycles. The second kappa shape index (κ2) is 15.2. The summed E-state index contributed by atoms with van der Waals surface area (Å²) >= 11 is 0. The average molecular weight is 566 g/mol. The maximum atomic E-state index is 13.5. The monoisotopic (exact) mass is 565 g/mol. The van der Waals surface area contributed by atoms with Gasteiger partial charge in [-0.3, -0.25) is 23.5 Å². The number of fused-ring (bicyclic) bond motifs is 1. The summed E-state index contributed by atoms with van der Waals surface area (Å²) in [5.74, 6) is 3.97. The molecule has 0 saturated carbocycles. The Morgan fingerprint density at radius 1 is 1.10 bits per heavy atom. The summed E-state index contributed by atoms with van der Waals surface area (Å²) in [6.45, 7) is 1.43. The number of carbonyl (C=O) groups excluding carboxylic acids is 1. The number of benzene rings is 2. The van der Waals surface area contributed by atoms with Crippen LogP contribution in [0.3, 0.4) is 0 Å². The first-order chi connectivity index (χ1) is 19.8. The molecule has 2 aromatic heterocycles. The summed E-state index contributed by atoms with van der Waals surface area (Å²) in [6.07, 6.45) is 4.98. The average Bonchev–Trinajstić information content (AvgIpc) is 2.97. The standard InChI is InChI=1S/C29H27F2N5O3.CH3F/c1-35(2)13-4-14-39-27-10-12-33-26-9-7-20(15-22(26)27)5-3-11-34-28(37)23-17-32-19-36(29(23)38)18-21-6-8-24(30)25(31)16-21;1-2/h6-10,12,15-17,19H,4,11,13-14,18H2,1-2H3,(H,34,37);1H3. The molecule has 0 aliphatic heterocycles. The third kappa shape index (κ3) is 8.65. The first kappa shape index (κ1) is 30.8. The van der Waals surface area contributed by atoms with Gasteiger partial charge < -0.3 is 15.0 Å². The van der Waals surface area contributed by atoms with Crippen LogP contribution in [0.25, 0.3) is 10.9 Å². The van der Waals surface area contributed by atoms with Crippen LogP contribution in [0.5, 0.6) is 5.75 Å². The Kier molecular flexibility index (Phi) is 11.4. The minimum Gasteiger partial charge on any atom is -0.493 e. The Balaban J connectivity index is 0.00000226. The van der Waals surface area contributed by atoms with Gasteiger partial charge in [0.2, 0.25) is 0 Å².